The molecule has 0 aliphatic carbocycles. The average molecular weight is 388 g/mol. The van der Waals surface area contributed by atoms with Crippen LogP contribution in [0.3, 0.4) is 0 Å². The number of benzene rings is 1. The second-order valence-electron chi connectivity index (χ2n) is 6.33. The van der Waals surface area contributed by atoms with Crippen LogP contribution in [0.5, 0.6) is 0 Å². The fourth-order valence-corrected chi connectivity index (χ4v) is 2.96. The van der Waals surface area contributed by atoms with Crippen molar-refractivity contribution in [3.05, 3.63) is 53.7 Å². The molecule has 3 amide bonds. The van der Waals surface area contributed by atoms with Crippen LogP contribution >= 0.6 is 11.6 Å². The zero-order valence-electron chi connectivity index (χ0n) is 15.1. The first-order valence-corrected chi connectivity index (χ1v) is 9.18. The first kappa shape index (κ1) is 19.0. The van der Waals surface area contributed by atoms with E-state index in [9.17, 15) is 9.59 Å². The zero-order valence-corrected chi connectivity index (χ0v) is 15.8. The van der Waals surface area contributed by atoms with Gasteiger partial charge in [-0.3, -0.25) is 4.79 Å². The summed E-state index contributed by atoms with van der Waals surface area (Å²) in [6.45, 7) is 4.28. The van der Waals surface area contributed by atoms with E-state index in [0.717, 1.165) is 18.8 Å². The lowest BCUT2D eigenvalue weighted by Gasteiger charge is -2.36. The fraction of sp³-hybridized carbons (Fsp3) is 0.316. The lowest BCUT2D eigenvalue weighted by molar-refractivity contribution is -0.117. The molecular weight excluding hydrogens is 366 g/mol. The summed E-state index contributed by atoms with van der Waals surface area (Å²) in [5.41, 5.74) is 1.09. The minimum absolute atomic E-state index is 0.241. The number of aromatic nitrogens is 1. The van der Waals surface area contributed by atoms with Gasteiger partial charge in [0.1, 0.15) is 11.9 Å². The van der Waals surface area contributed by atoms with Crippen molar-refractivity contribution in [2.75, 3.05) is 36.4 Å². The average Bonchev–Trinajstić information content (AvgIpc) is 2.69. The number of hydrogen-bond donors (Lipinski definition) is 2. The maximum atomic E-state index is 12.4. The van der Waals surface area contributed by atoms with Crippen LogP contribution in [0.2, 0.25) is 5.02 Å². The zero-order chi connectivity index (χ0) is 19.2. The number of rotatable bonds is 4. The molecule has 27 heavy (non-hydrogen) atoms. The Balaban J connectivity index is 1.47. The Kier molecular flexibility index (Phi) is 6.13. The maximum Gasteiger partial charge on any atom is 0.318 e. The molecule has 0 saturated carbocycles. The van der Waals surface area contributed by atoms with Gasteiger partial charge in [0.05, 0.1) is 0 Å². The van der Waals surface area contributed by atoms with Gasteiger partial charge in [-0.05, 0) is 43.3 Å². The number of carbonyl (C=O) groups is 2. The number of nitrogens with one attached hydrogen (secondary N) is 2. The number of anilines is 2. The number of nitrogens with zero attached hydrogens (tertiary/aromatic N) is 3. The molecule has 1 aromatic carbocycles. The van der Waals surface area contributed by atoms with Gasteiger partial charge in [0.15, 0.2) is 0 Å². The van der Waals surface area contributed by atoms with Gasteiger partial charge < -0.3 is 20.4 Å². The van der Waals surface area contributed by atoms with Crippen molar-refractivity contribution in [1.29, 1.82) is 0 Å². The third-order valence-electron chi connectivity index (χ3n) is 4.41. The van der Waals surface area contributed by atoms with Crippen LogP contribution < -0.4 is 15.5 Å². The molecule has 2 N–H and O–H groups in total. The Morgan fingerprint density at radius 2 is 1.78 bits per heavy atom. The van der Waals surface area contributed by atoms with Crippen LogP contribution in [0, 0.1) is 0 Å². The highest BCUT2D eigenvalue weighted by atomic mass is 35.5. The van der Waals surface area contributed by atoms with Crippen LogP contribution in [-0.2, 0) is 4.79 Å². The molecule has 1 aliphatic rings. The normalized spacial score (nSPS) is 15.2. The topological polar surface area (TPSA) is 77.6 Å². The minimum atomic E-state index is -0.659. The lowest BCUT2D eigenvalue weighted by atomic mass is 10.2. The SMILES string of the molecule is CC(NC(=O)N1CCN(c2ccc(Cl)cc2)CC1)C(=O)Nc1ccccn1. The summed E-state index contributed by atoms with van der Waals surface area (Å²) in [5, 5.41) is 6.13. The second kappa shape index (κ2) is 8.73. The Labute approximate surface area is 163 Å². The van der Waals surface area contributed by atoms with E-state index in [1.807, 2.05) is 24.3 Å². The monoisotopic (exact) mass is 387 g/mol. The van der Waals surface area contributed by atoms with Crippen LogP contribution in [0.4, 0.5) is 16.3 Å². The Hall–Kier alpha value is -2.80. The van der Waals surface area contributed by atoms with Crippen LogP contribution in [0.1, 0.15) is 6.92 Å². The Bertz CT molecular complexity index is 776. The predicted molar refractivity (Wildman–Crippen MR) is 106 cm³/mol. The van der Waals surface area contributed by atoms with E-state index in [2.05, 4.69) is 20.5 Å². The van der Waals surface area contributed by atoms with E-state index in [-0.39, 0.29) is 11.9 Å². The van der Waals surface area contributed by atoms with Gasteiger partial charge in [0.2, 0.25) is 5.91 Å². The molecule has 0 radical (unpaired) electrons. The lowest BCUT2D eigenvalue weighted by Crippen LogP contribution is -2.54. The number of urea groups is 1. The second-order valence-corrected chi connectivity index (χ2v) is 6.76. The smallest absolute Gasteiger partial charge is 0.318 e. The van der Waals surface area contributed by atoms with Gasteiger partial charge in [-0.15, -0.1) is 0 Å². The summed E-state index contributed by atoms with van der Waals surface area (Å²) in [6.07, 6.45) is 1.60. The largest absolute Gasteiger partial charge is 0.368 e. The predicted octanol–water partition coefficient (Wildman–Crippen LogP) is 2.59. The molecule has 1 aliphatic heterocycles. The quantitative estimate of drug-likeness (QED) is 0.845. The highest BCUT2D eigenvalue weighted by Crippen LogP contribution is 2.19. The van der Waals surface area contributed by atoms with Crippen molar-refractivity contribution >= 4 is 35.0 Å². The van der Waals surface area contributed by atoms with Crippen molar-refractivity contribution in [3.8, 4) is 0 Å². The number of hydrogen-bond acceptors (Lipinski definition) is 4. The number of piperazine rings is 1. The Morgan fingerprint density at radius 3 is 2.41 bits per heavy atom. The van der Waals surface area contributed by atoms with Crippen molar-refractivity contribution in [2.45, 2.75) is 13.0 Å². The molecule has 2 aromatic rings. The molecule has 1 unspecified atom stereocenters. The van der Waals surface area contributed by atoms with Gasteiger partial charge in [-0.2, -0.15) is 0 Å². The Morgan fingerprint density at radius 1 is 1.07 bits per heavy atom. The summed E-state index contributed by atoms with van der Waals surface area (Å²) in [5.74, 6) is 0.155. The molecule has 1 saturated heterocycles. The van der Waals surface area contributed by atoms with E-state index in [0.29, 0.717) is 23.9 Å². The molecule has 0 bridgehead atoms. The highest BCUT2D eigenvalue weighted by molar-refractivity contribution is 6.30. The standard InChI is InChI=1S/C19H22ClN5O2/c1-14(18(26)23-17-4-2-3-9-21-17)22-19(27)25-12-10-24(11-13-25)16-7-5-15(20)6-8-16/h2-9,14H,10-13H2,1H3,(H,22,27)(H,21,23,26). The van der Waals surface area contributed by atoms with E-state index in [1.165, 1.54) is 0 Å². The van der Waals surface area contributed by atoms with Crippen molar-refractivity contribution in [2.24, 2.45) is 0 Å². The van der Waals surface area contributed by atoms with Crippen molar-refractivity contribution in [1.82, 2.24) is 15.2 Å². The van der Waals surface area contributed by atoms with E-state index < -0.39 is 6.04 Å². The van der Waals surface area contributed by atoms with Crippen LogP contribution in [0.25, 0.3) is 0 Å². The van der Waals surface area contributed by atoms with Gasteiger partial charge in [-0.1, -0.05) is 17.7 Å². The fourth-order valence-electron chi connectivity index (χ4n) is 2.83. The molecule has 2 heterocycles. The molecule has 142 valence electrons. The van der Waals surface area contributed by atoms with E-state index in [4.69, 9.17) is 11.6 Å². The highest BCUT2D eigenvalue weighted by Gasteiger charge is 2.24. The number of halogens is 1. The van der Waals surface area contributed by atoms with E-state index >= 15 is 0 Å². The molecule has 8 heteroatoms. The summed E-state index contributed by atoms with van der Waals surface area (Å²) in [7, 11) is 0. The first-order chi connectivity index (χ1) is 13.0. The minimum Gasteiger partial charge on any atom is -0.368 e. The molecule has 1 aromatic heterocycles. The summed E-state index contributed by atoms with van der Waals surface area (Å²) >= 11 is 5.92. The van der Waals surface area contributed by atoms with Gasteiger partial charge in [-0.25, -0.2) is 9.78 Å². The van der Waals surface area contributed by atoms with Crippen molar-refractivity contribution < 1.29 is 9.59 Å². The molecule has 0 spiro atoms. The van der Waals surface area contributed by atoms with Gasteiger partial charge in [0.25, 0.3) is 0 Å². The maximum absolute atomic E-state index is 12.4. The summed E-state index contributed by atoms with van der Waals surface area (Å²) in [6, 6.07) is 12.0. The van der Waals surface area contributed by atoms with E-state index in [1.54, 1.807) is 36.2 Å². The number of carbonyl (C=O) groups excluding carboxylic acids is 2. The molecular formula is C19H22ClN5O2. The van der Waals surface area contributed by atoms with Crippen molar-refractivity contribution in [3.63, 3.8) is 0 Å². The molecule has 1 fully saturated rings. The molecule has 7 nitrogen and oxygen atoms in total. The number of pyridine rings is 1. The molecule has 1 atom stereocenters. The first-order valence-electron chi connectivity index (χ1n) is 8.81. The van der Waals surface area contributed by atoms with Gasteiger partial charge >= 0.3 is 6.03 Å². The molecule has 3 rings (SSSR count). The van der Waals surface area contributed by atoms with Gasteiger partial charge in [0, 0.05) is 43.1 Å². The van der Waals surface area contributed by atoms with Crippen LogP contribution in [0.15, 0.2) is 48.7 Å². The number of amides is 3. The summed E-state index contributed by atoms with van der Waals surface area (Å²) in [4.78, 5) is 32.6. The van der Waals surface area contributed by atoms with Crippen LogP contribution in [-0.4, -0.2) is 54.0 Å². The third-order valence-corrected chi connectivity index (χ3v) is 4.66. The third kappa shape index (κ3) is 5.10. The summed E-state index contributed by atoms with van der Waals surface area (Å²) < 4.78 is 0.